The van der Waals surface area contributed by atoms with E-state index in [4.69, 9.17) is 0 Å². The monoisotopic (exact) mass is 457 g/mol. The minimum Gasteiger partial charge on any atom is -0.337 e. The molecule has 4 rings (SSSR count). The number of carbonyl (C=O) groups is 1. The number of anilines is 1. The lowest BCUT2D eigenvalue weighted by molar-refractivity contribution is 0.0746. The van der Waals surface area contributed by atoms with Gasteiger partial charge in [0, 0.05) is 57.2 Å². The van der Waals surface area contributed by atoms with Crippen molar-refractivity contribution in [2.75, 3.05) is 44.2 Å². The summed E-state index contributed by atoms with van der Waals surface area (Å²) in [5, 5.41) is 0. The Hall–Kier alpha value is -2.52. The molecule has 0 spiro atoms. The van der Waals surface area contributed by atoms with Gasteiger partial charge in [-0.3, -0.25) is 4.79 Å². The fraction of sp³-hybridized carbons (Fsp3) is 0.522. The van der Waals surface area contributed by atoms with E-state index in [1.807, 2.05) is 19.9 Å². The summed E-state index contributed by atoms with van der Waals surface area (Å²) in [4.78, 5) is 25.9. The van der Waals surface area contributed by atoms with Crippen LogP contribution >= 0.6 is 0 Å². The Bertz CT molecular complexity index is 1070. The van der Waals surface area contributed by atoms with Crippen molar-refractivity contribution in [2.24, 2.45) is 5.92 Å². The van der Waals surface area contributed by atoms with Crippen LogP contribution in [0.2, 0.25) is 0 Å². The molecule has 1 amide bonds. The van der Waals surface area contributed by atoms with Gasteiger partial charge in [0.1, 0.15) is 0 Å². The number of aromatic nitrogens is 2. The first-order chi connectivity index (χ1) is 15.3. The second-order valence-electron chi connectivity index (χ2n) is 8.83. The van der Waals surface area contributed by atoms with Crippen LogP contribution in [0.4, 0.5) is 5.95 Å². The van der Waals surface area contributed by atoms with Gasteiger partial charge in [0.15, 0.2) is 0 Å². The van der Waals surface area contributed by atoms with Crippen LogP contribution in [0.15, 0.2) is 35.5 Å². The number of sulfonamides is 1. The first-order valence-electron chi connectivity index (χ1n) is 11.2. The molecular weight excluding hydrogens is 426 g/mol. The lowest BCUT2D eigenvalue weighted by atomic mass is 10.0. The van der Waals surface area contributed by atoms with Gasteiger partial charge in [-0.25, -0.2) is 18.4 Å². The fourth-order valence-corrected chi connectivity index (χ4v) is 6.12. The summed E-state index contributed by atoms with van der Waals surface area (Å²) in [6.45, 7) is 9.26. The van der Waals surface area contributed by atoms with Crippen molar-refractivity contribution in [3.05, 3.63) is 47.3 Å². The Kier molecular flexibility index (Phi) is 6.48. The highest BCUT2D eigenvalue weighted by molar-refractivity contribution is 7.89. The van der Waals surface area contributed by atoms with Crippen molar-refractivity contribution in [1.82, 2.24) is 19.2 Å². The summed E-state index contributed by atoms with van der Waals surface area (Å²) in [5.74, 6) is 1.07. The molecular formula is C23H31N5O3S. The summed E-state index contributed by atoms with van der Waals surface area (Å²) in [6, 6.07) is 5.16. The van der Waals surface area contributed by atoms with Crippen LogP contribution in [0.1, 0.15) is 41.3 Å². The van der Waals surface area contributed by atoms with Gasteiger partial charge in [0.25, 0.3) is 5.91 Å². The number of aryl methyl sites for hydroxylation is 1. The van der Waals surface area contributed by atoms with Gasteiger partial charge in [-0.2, -0.15) is 4.31 Å². The van der Waals surface area contributed by atoms with Gasteiger partial charge in [-0.15, -0.1) is 0 Å². The third kappa shape index (κ3) is 4.49. The summed E-state index contributed by atoms with van der Waals surface area (Å²) in [5.41, 5.74) is 1.96. The molecule has 9 heteroatoms. The van der Waals surface area contributed by atoms with Crippen molar-refractivity contribution in [1.29, 1.82) is 0 Å². The van der Waals surface area contributed by atoms with Crippen molar-refractivity contribution in [3.63, 3.8) is 0 Å². The van der Waals surface area contributed by atoms with Crippen LogP contribution in [0.3, 0.4) is 0 Å². The summed E-state index contributed by atoms with van der Waals surface area (Å²) >= 11 is 0. The molecule has 2 aliphatic heterocycles. The van der Waals surface area contributed by atoms with Crippen molar-refractivity contribution in [2.45, 2.75) is 38.5 Å². The molecule has 2 aliphatic rings. The van der Waals surface area contributed by atoms with E-state index in [1.165, 1.54) is 0 Å². The number of nitrogens with zero attached hydrogens (tertiary/aromatic N) is 5. The number of piperidine rings is 1. The molecule has 172 valence electrons. The quantitative estimate of drug-likeness (QED) is 0.701. The molecule has 0 aliphatic carbocycles. The summed E-state index contributed by atoms with van der Waals surface area (Å²) < 4.78 is 28.4. The minimum absolute atomic E-state index is 0.134. The molecule has 1 aromatic carbocycles. The second-order valence-corrected chi connectivity index (χ2v) is 10.7. The molecule has 2 aromatic rings. The van der Waals surface area contributed by atoms with Crippen LogP contribution in [0.25, 0.3) is 0 Å². The van der Waals surface area contributed by atoms with Crippen molar-refractivity contribution < 1.29 is 13.2 Å². The van der Waals surface area contributed by atoms with E-state index in [1.54, 1.807) is 33.7 Å². The van der Waals surface area contributed by atoms with Gasteiger partial charge < -0.3 is 9.80 Å². The van der Waals surface area contributed by atoms with Gasteiger partial charge in [-0.1, -0.05) is 6.92 Å². The maximum absolute atomic E-state index is 13.4. The van der Waals surface area contributed by atoms with E-state index in [-0.39, 0.29) is 10.8 Å². The second kappa shape index (κ2) is 9.15. The van der Waals surface area contributed by atoms with Crippen molar-refractivity contribution >= 4 is 21.9 Å². The van der Waals surface area contributed by atoms with Crippen LogP contribution in [0, 0.1) is 19.8 Å². The minimum atomic E-state index is -3.63. The standard InChI is InChI=1S/C23H31N5O3S/c1-17-5-9-28(10-6-17)32(30,31)21-16-20(15-18(2)19(21)3)22(29)26-11-13-27(14-12-26)23-24-7-4-8-25-23/h4,7-8,15-17H,5-6,9-14H2,1-3H3. The zero-order chi connectivity index (χ0) is 22.9. The molecule has 0 bridgehead atoms. The van der Waals surface area contributed by atoms with Gasteiger partial charge in [-0.05, 0) is 61.9 Å². The zero-order valence-electron chi connectivity index (χ0n) is 19.0. The highest BCUT2D eigenvalue weighted by Crippen LogP contribution is 2.28. The fourth-order valence-electron chi connectivity index (χ4n) is 4.33. The Morgan fingerprint density at radius 2 is 1.59 bits per heavy atom. The smallest absolute Gasteiger partial charge is 0.254 e. The maximum atomic E-state index is 13.4. The van der Waals surface area contributed by atoms with E-state index in [2.05, 4.69) is 21.8 Å². The maximum Gasteiger partial charge on any atom is 0.254 e. The Morgan fingerprint density at radius 1 is 0.969 bits per heavy atom. The van der Waals surface area contributed by atoms with Crippen molar-refractivity contribution in [3.8, 4) is 0 Å². The first kappa shape index (κ1) is 22.7. The average Bonchev–Trinajstić information content (AvgIpc) is 2.81. The summed E-state index contributed by atoms with van der Waals surface area (Å²) in [7, 11) is -3.63. The first-order valence-corrected chi connectivity index (χ1v) is 12.6. The molecule has 8 nitrogen and oxygen atoms in total. The predicted octanol–water partition coefficient (Wildman–Crippen LogP) is 2.48. The normalized spacial score (nSPS) is 18.7. The number of piperazine rings is 1. The number of hydrogen-bond acceptors (Lipinski definition) is 6. The molecule has 0 unspecified atom stereocenters. The molecule has 32 heavy (non-hydrogen) atoms. The lowest BCUT2D eigenvalue weighted by Gasteiger charge is -2.35. The number of rotatable bonds is 4. The number of amides is 1. The summed E-state index contributed by atoms with van der Waals surface area (Å²) in [6.07, 6.45) is 5.15. The molecule has 2 fully saturated rings. The van der Waals surface area contributed by atoms with E-state index >= 15 is 0 Å². The largest absolute Gasteiger partial charge is 0.337 e. The van der Waals surface area contributed by atoms with E-state index in [0.29, 0.717) is 62.3 Å². The Morgan fingerprint density at radius 3 is 2.22 bits per heavy atom. The van der Waals surface area contributed by atoms with Gasteiger partial charge in [0.2, 0.25) is 16.0 Å². The van der Waals surface area contributed by atoms with Crippen LogP contribution in [-0.2, 0) is 10.0 Å². The molecule has 0 N–H and O–H groups in total. The molecule has 0 radical (unpaired) electrons. The zero-order valence-corrected chi connectivity index (χ0v) is 19.8. The van der Waals surface area contributed by atoms with Crippen LogP contribution in [-0.4, -0.2) is 72.8 Å². The third-order valence-electron chi connectivity index (χ3n) is 6.63. The SMILES string of the molecule is Cc1cc(C(=O)N2CCN(c3ncccn3)CC2)cc(S(=O)(=O)N2CCC(C)CC2)c1C. The van der Waals surface area contributed by atoms with E-state index in [9.17, 15) is 13.2 Å². The van der Waals surface area contributed by atoms with E-state index < -0.39 is 10.0 Å². The molecule has 1 aromatic heterocycles. The average molecular weight is 458 g/mol. The third-order valence-corrected chi connectivity index (χ3v) is 8.65. The van der Waals surface area contributed by atoms with Gasteiger partial charge >= 0.3 is 0 Å². The molecule has 2 saturated heterocycles. The highest BCUT2D eigenvalue weighted by atomic mass is 32.2. The Labute approximate surface area is 190 Å². The number of carbonyl (C=O) groups excluding carboxylic acids is 1. The van der Waals surface area contributed by atoms with E-state index in [0.717, 1.165) is 18.4 Å². The topological polar surface area (TPSA) is 86.7 Å². The lowest BCUT2D eigenvalue weighted by Crippen LogP contribution is -2.49. The molecule has 3 heterocycles. The van der Waals surface area contributed by atoms with Crippen LogP contribution < -0.4 is 4.90 Å². The Balaban J connectivity index is 1.53. The predicted molar refractivity (Wildman–Crippen MR) is 123 cm³/mol. The van der Waals surface area contributed by atoms with Gasteiger partial charge in [0.05, 0.1) is 4.90 Å². The van der Waals surface area contributed by atoms with Crippen LogP contribution in [0.5, 0.6) is 0 Å². The molecule has 0 saturated carbocycles. The number of benzene rings is 1. The molecule has 0 atom stereocenters. The highest BCUT2D eigenvalue weighted by Gasteiger charge is 2.31. The number of hydrogen-bond donors (Lipinski definition) is 0.